The summed E-state index contributed by atoms with van der Waals surface area (Å²) in [5.74, 6) is 0.649. The topological polar surface area (TPSA) is 81.4 Å². The molecule has 1 aromatic carbocycles. The lowest BCUT2D eigenvalue weighted by atomic mass is 10.2. The van der Waals surface area contributed by atoms with E-state index < -0.39 is 10.0 Å². The van der Waals surface area contributed by atoms with E-state index in [1.807, 2.05) is 20.1 Å². The lowest BCUT2D eigenvalue weighted by molar-refractivity contribution is 0.314. The Morgan fingerprint density at radius 1 is 1.43 bits per heavy atom. The van der Waals surface area contributed by atoms with E-state index in [2.05, 4.69) is 4.72 Å². The molecule has 5 nitrogen and oxygen atoms in total. The Labute approximate surface area is 131 Å². The summed E-state index contributed by atoms with van der Waals surface area (Å²) in [4.78, 5) is 0.222. The van der Waals surface area contributed by atoms with Crippen LogP contribution in [0.25, 0.3) is 0 Å². The van der Waals surface area contributed by atoms with Gasteiger partial charge in [-0.3, -0.25) is 0 Å². The van der Waals surface area contributed by atoms with Crippen LogP contribution >= 0.6 is 11.8 Å². The molecule has 1 unspecified atom stereocenters. The van der Waals surface area contributed by atoms with Gasteiger partial charge in [-0.15, -0.1) is 0 Å². The van der Waals surface area contributed by atoms with Crippen molar-refractivity contribution in [3.8, 4) is 5.75 Å². The molecule has 0 aliphatic carbocycles. The second-order valence-electron chi connectivity index (χ2n) is 4.72. The van der Waals surface area contributed by atoms with Gasteiger partial charge in [-0.25, -0.2) is 13.1 Å². The van der Waals surface area contributed by atoms with Gasteiger partial charge in [0.1, 0.15) is 5.75 Å². The normalized spacial score (nSPS) is 13.1. The first-order valence-electron chi connectivity index (χ1n) is 6.92. The second-order valence-corrected chi connectivity index (χ2v) is 7.76. The van der Waals surface area contributed by atoms with Gasteiger partial charge in [0.25, 0.3) is 0 Å². The summed E-state index contributed by atoms with van der Waals surface area (Å²) in [7, 11) is -3.51. The zero-order valence-electron chi connectivity index (χ0n) is 12.8. The van der Waals surface area contributed by atoms with Crippen LogP contribution in [-0.2, 0) is 16.6 Å². The molecule has 0 aromatic heterocycles. The van der Waals surface area contributed by atoms with Crippen molar-refractivity contribution >= 4 is 21.8 Å². The fourth-order valence-electron chi connectivity index (χ4n) is 1.63. The Hall–Kier alpha value is -0.760. The van der Waals surface area contributed by atoms with Crippen LogP contribution in [0.5, 0.6) is 5.75 Å². The predicted molar refractivity (Wildman–Crippen MR) is 88.3 cm³/mol. The van der Waals surface area contributed by atoms with Gasteiger partial charge in [-0.2, -0.15) is 11.8 Å². The van der Waals surface area contributed by atoms with E-state index in [-0.39, 0.29) is 16.7 Å². The smallest absolute Gasteiger partial charge is 0.240 e. The molecule has 0 saturated carbocycles. The van der Waals surface area contributed by atoms with Gasteiger partial charge >= 0.3 is 0 Å². The number of hydrogen-bond donors (Lipinski definition) is 2. The molecule has 120 valence electrons. The third kappa shape index (κ3) is 5.50. The number of hydrogen-bond acceptors (Lipinski definition) is 5. The quantitative estimate of drug-likeness (QED) is 0.722. The number of nitrogens with one attached hydrogen (secondary N) is 1. The molecule has 0 bridgehead atoms. The maximum atomic E-state index is 12.2. The molecule has 0 saturated heterocycles. The van der Waals surface area contributed by atoms with E-state index >= 15 is 0 Å². The van der Waals surface area contributed by atoms with E-state index in [9.17, 15) is 8.42 Å². The maximum absolute atomic E-state index is 12.2. The summed E-state index contributed by atoms with van der Waals surface area (Å²) < 4.78 is 32.7. The van der Waals surface area contributed by atoms with E-state index in [0.29, 0.717) is 24.5 Å². The summed E-state index contributed by atoms with van der Waals surface area (Å²) in [5.41, 5.74) is 6.38. The standard InChI is InChI=1S/C14H24N2O3S2/c1-4-7-19-14-6-5-13(8-12(14)9-15)21(17,18)16-10-11(2)20-3/h5-6,8,11,16H,4,7,9-10,15H2,1-3H3. The van der Waals surface area contributed by atoms with Crippen LogP contribution in [0.3, 0.4) is 0 Å². The molecule has 1 atom stereocenters. The zero-order valence-corrected chi connectivity index (χ0v) is 14.4. The van der Waals surface area contributed by atoms with Crippen LogP contribution in [0.2, 0.25) is 0 Å². The third-order valence-electron chi connectivity index (χ3n) is 2.99. The molecule has 7 heteroatoms. The summed E-state index contributed by atoms with van der Waals surface area (Å²) in [6, 6.07) is 4.80. The van der Waals surface area contributed by atoms with Crippen LogP contribution in [0, 0.1) is 0 Å². The number of ether oxygens (including phenoxy) is 1. The van der Waals surface area contributed by atoms with Gasteiger partial charge in [-0.05, 0) is 30.9 Å². The number of benzene rings is 1. The molecule has 0 aliphatic heterocycles. The van der Waals surface area contributed by atoms with Crippen LogP contribution in [0.1, 0.15) is 25.8 Å². The highest BCUT2D eigenvalue weighted by molar-refractivity contribution is 7.99. The van der Waals surface area contributed by atoms with Crippen molar-refractivity contribution in [2.45, 2.75) is 37.0 Å². The highest BCUT2D eigenvalue weighted by Gasteiger charge is 2.17. The van der Waals surface area contributed by atoms with E-state index in [4.69, 9.17) is 10.5 Å². The molecule has 1 rings (SSSR count). The van der Waals surface area contributed by atoms with Crippen LogP contribution in [0.15, 0.2) is 23.1 Å². The van der Waals surface area contributed by atoms with Crippen molar-refractivity contribution in [2.24, 2.45) is 5.73 Å². The highest BCUT2D eigenvalue weighted by Crippen LogP contribution is 2.22. The Bertz CT molecular complexity index is 547. The maximum Gasteiger partial charge on any atom is 0.240 e. The number of nitrogens with two attached hydrogens (primary N) is 1. The largest absolute Gasteiger partial charge is 0.493 e. The van der Waals surface area contributed by atoms with Crippen molar-refractivity contribution in [1.29, 1.82) is 0 Å². The van der Waals surface area contributed by atoms with Crippen LogP contribution in [-0.4, -0.2) is 33.1 Å². The summed E-state index contributed by atoms with van der Waals surface area (Å²) in [6.07, 6.45) is 2.84. The Morgan fingerprint density at radius 2 is 2.14 bits per heavy atom. The fourth-order valence-corrected chi connectivity index (χ4v) is 3.17. The van der Waals surface area contributed by atoms with Crippen molar-refractivity contribution < 1.29 is 13.2 Å². The molecule has 0 amide bonds. The van der Waals surface area contributed by atoms with Crippen LogP contribution < -0.4 is 15.2 Å². The van der Waals surface area contributed by atoms with Gasteiger partial charge in [0.05, 0.1) is 11.5 Å². The fraction of sp³-hybridized carbons (Fsp3) is 0.571. The Kier molecular flexibility index (Phi) is 7.51. The SMILES string of the molecule is CCCOc1ccc(S(=O)(=O)NCC(C)SC)cc1CN. The average Bonchev–Trinajstić information content (AvgIpc) is 2.50. The first-order chi connectivity index (χ1) is 9.94. The molecule has 0 fully saturated rings. The molecule has 0 aliphatic rings. The first-order valence-corrected chi connectivity index (χ1v) is 9.70. The molecular weight excluding hydrogens is 308 g/mol. The van der Waals surface area contributed by atoms with Crippen molar-refractivity contribution in [3.63, 3.8) is 0 Å². The van der Waals surface area contributed by atoms with Gasteiger partial charge in [0.15, 0.2) is 0 Å². The summed E-state index contributed by atoms with van der Waals surface area (Å²) in [5, 5.41) is 0.223. The van der Waals surface area contributed by atoms with Crippen molar-refractivity contribution in [3.05, 3.63) is 23.8 Å². The number of sulfonamides is 1. The van der Waals surface area contributed by atoms with Crippen molar-refractivity contribution in [1.82, 2.24) is 4.72 Å². The lowest BCUT2D eigenvalue weighted by Crippen LogP contribution is -2.29. The van der Waals surface area contributed by atoms with Gasteiger partial charge in [-0.1, -0.05) is 13.8 Å². The first kappa shape index (κ1) is 18.3. The molecule has 21 heavy (non-hydrogen) atoms. The lowest BCUT2D eigenvalue weighted by Gasteiger charge is -2.13. The van der Waals surface area contributed by atoms with Crippen molar-refractivity contribution in [2.75, 3.05) is 19.4 Å². The number of rotatable bonds is 9. The van der Waals surface area contributed by atoms with Crippen LogP contribution in [0.4, 0.5) is 0 Å². The Morgan fingerprint density at radius 3 is 2.71 bits per heavy atom. The Balaban J connectivity index is 2.92. The molecular formula is C14H24N2O3S2. The summed E-state index contributed by atoms with van der Waals surface area (Å²) in [6.45, 7) is 5.21. The molecule has 0 heterocycles. The second kappa shape index (κ2) is 8.63. The molecule has 3 N–H and O–H groups in total. The minimum absolute atomic E-state index is 0.222. The summed E-state index contributed by atoms with van der Waals surface area (Å²) >= 11 is 1.61. The van der Waals surface area contributed by atoms with Gasteiger partial charge < -0.3 is 10.5 Å². The molecule has 0 radical (unpaired) electrons. The monoisotopic (exact) mass is 332 g/mol. The third-order valence-corrected chi connectivity index (χ3v) is 5.38. The minimum atomic E-state index is -3.51. The van der Waals surface area contributed by atoms with E-state index in [1.54, 1.807) is 30.0 Å². The van der Waals surface area contributed by atoms with Gasteiger partial charge in [0, 0.05) is 23.9 Å². The highest BCUT2D eigenvalue weighted by atomic mass is 32.2. The van der Waals surface area contributed by atoms with E-state index in [1.165, 1.54) is 0 Å². The molecule has 1 aromatic rings. The van der Waals surface area contributed by atoms with E-state index in [0.717, 1.165) is 6.42 Å². The average molecular weight is 332 g/mol. The van der Waals surface area contributed by atoms with Gasteiger partial charge in [0.2, 0.25) is 10.0 Å². The predicted octanol–water partition coefficient (Wildman–Crippen LogP) is 1.96. The minimum Gasteiger partial charge on any atom is -0.493 e. The number of thioether (sulfide) groups is 1. The zero-order chi connectivity index (χ0) is 15.9. The molecule has 0 spiro atoms.